The van der Waals surface area contributed by atoms with Crippen molar-refractivity contribution in [2.45, 2.75) is 19.0 Å². The van der Waals surface area contributed by atoms with E-state index in [1.54, 1.807) is 18.3 Å². The van der Waals surface area contributed by atoms with Crippen molar-refractivity contribution in [2.75, 3.05) is 24.3 Å². The molecule has 0 aliphatic carbocycles. The number of carbonyl (C=O) groups is 1. The molecule has 128 valence electrons. The molecule has 1 aliphatic rings. The first-order valence-electron chi connectivity index (χ1n) is 6.99. The normalized spacial score (nSPS) is 20.5. The molecule has 1 aliphatic heterocycles. The van der Waals surface area contributed by atoms with E-state index >= 15 is 0 Å². The first-order valence-corrected chi connectivity index (χ1v) is 10.7. The van der Waals surface area contributed by atoms with Crippen molar-refractivity contribution in [1.29, 1.82) is 0 Å². The molecule has 1 N–H and O–H groups in total. The molecule has 0 bridgehead atoms. The summed E-state index contributed by atoms with van der Waals surface area (Å²) in [5.74, 6) is -0.565. The average molecular weight is 361 g/mol. The summed E-state index contributed by atoms with van der Waals surface area (Å²) in [6, 6.07) is 2.94. The Morgan fingerprint density at radius 1 is 1.48 bits per heavy atom. The van der Waals surface area contributed by atoms with Gasteiger partial charge in [0.05, 0.1) is 24.3 Å². The number of carbonyl (C=O) groups excluding carboxylic acids is 1. The van der Waals surface area contributed by atoms with E-state index in [1.807, 2.05) is 0 Å². The number of sulfone groups is 1. The zero-order valence-electron chi connectivity index (χ0n) is 12.7. The highest BCUT2D eigenvalue weighted by Gasteiger charge is 2.30. The lowest BCUT2D eigenvalue weighted by atomic mass is 10.2. The lowest BCUT2D eigenvalue weighted by Crippen LogP contribution is -2.44. The van der Waals surface area contributed by atoms with E-state index in [0.29, 0.717) is 12.0 Å². The number of hydrogen-bond donors (Lipinski definition) is 1. The summed E-state index contributed by atoms with van der Waals surface area (Å²) < 4.78 is 47.5. The molecule has 0 radical (unpaired) electrons. The molecule has 2 rings (SSSR count). The molecule has 1 aromatic heterocycles. The van der Waals surface area contributed by atoms with Gasteiger partial charge >= 0.3 is 0 Å². The van der Waals surface area contributed by atoms with Crippen molar-refractivity contribution in [3.8, 4) is 0 Å². The number of aromatic nitrogens is 1. The first kappa shape index (κ1) is 17.8. The van der Waals surface area contributed by atoms with Gasteiger partial charge < -0.3 is 5.32 Å². The molecule has 0 aromatic carbocycles. The molecule has 1 aromatic rings. The summed E-state index contributed by atoms with van der Waals surface area (Å²) in [5, 5.41) is 2.58. The summed E-state index contributed by atoms with van der Waals surface area (Å²) in [7, 11) is -6.69. The predicted octanol–water partition coefficient (Wildman–Crippen LogP) is -0.853. The molecule has 8 nitrogen and oxygen atoms in total. The first-order chi connectivity index (χ1) is 10.7. The van der Waals surface area contributed by atoms with Gasteiger partial charge in [-0.3, -0.25) is 9.78 Å². The van der Waals surface area contributed by atoms with Crippen LogP contribution in [0.2, 0.25) is 0 Å². The van der Waals surface area contributed by atoms with Crippen LogP contribution in [0, 0.1) is 0 Å². The molecule has 1 unspecified atom stereocenters. The summed E-state index contributed by atoms with van der Waals surface area (Å²) in [5.41, 5.74) is 0.661. The molecule has 1 saturated heterocycles. The summed E-state index contributed by atoms with van der Waals surface area (Å²) >= 11 is 0. The van der Waals surface area contributed by atoms with Crippen LogP contribution in [0.5, 0.6) is 0 Å². The fraction of sp³-hybridized carbons (Fsp3) is 0.538. The highest BCUT2D eigenvalue weighted by atomic mass is 32.2. The predicted molar refractivity (Wildman–Crippen MR) is 84.7 cm³/mol. The van der Waals surface area contributed by atoms with Crippen LogP contribution >= 0.6 is 0 Å². The Kier molecular flexibility index (Phi) is 5.37. The Balaban J connectivity index is 1.99. The Morgan fingerprint density at radius 3 is 2.74 bits per heavy atom. The van der Waals surface area contributed by atoms with Gasteiger partial charge in [0.25, 0.3) is 0 Å². The number of pyridine rings is 1. The molecule has 1 amide bonds. The van der Waals surface area contributed by atoms with Gasteiger partial charge in [0.2, 0.25) is 15.9 Å². The Bertz CT molecular complexity index is 762. The number of nitrogens with zero attached hydrogens (tertiary/aromatic N) is 2. The maximum Gasteiger partial charge on any atom is 0.235 e. The second-order valence-corrected chi connectivity index (χ2v) is 9.77. The van der Waals surface area contributed by atoms with E-state index in [-0.39, 0.29) is 24.6 Å². The van der Waals surface area contributed by atoms with Gasteiger partial charge in [0.1, 0.15) is 0 Å². The number of amides is 1. The van der Waals surface area contributed by atoms with Crippen molar-refractivity contribution in [1.82, 2.24) is 14.6 Å². The third-order valence-corrected chi connectivity index (χ3v) is 6.43. The number of sulfonamides is 1. The number of hydrogen-bond acceptors (Lipinski definition) is 6. The fourth-order valence-corrected chi connectivity index (χ4v) is 4.74. The SMILES string of the molecule is CS(=O)(=O)N(CC(=O)NC1CCS(=O)(=O)C1)Cc1cccnc1. The molecule has 23 heavy (non-hydrogen) atoms. The molecular formula is C13H19N3O5S2. The van der Waals surface area contributed by atoms with Gasteiger partial charge in [-0.25, -0.2) is 16.8 Å². The van der Waals surface area contributed by atoms with Gasteiger partial charge in [-0.05, 0) is 18.1 Å². The highest BCUT2D eigenvalue weighted by Crippen LogP contribution is 2.12. The third-order valence-electron chi connectivity index (χ3n) is 3.47. The number of rotatable bonds is 6. The Labute approximate surface area is 135 Å². The van der Waals surface area contributed by atoms with E-state index in [9.17, 15) is 21.6 Å². The van der Waals surface area contributed by atoms with Crippen molar-refractivity contribution < 1.29 is 21.6 Å². The van der Waals surface area contributed by atoms with Crippen LogP contribution in [0.1, 0.15) is 12.0 Å². The molecule has 2 heterocycles. The van der Waals surface area contributed by atoms with Crippen LogP contribution in [0.4, 0.5) is 0 Å². The summed E-state index contributed by atoms with van der Waals surface area (Å²) in [6.45, 7) is -0.326. The van der Waals surface area contributed by atoms with E-state index in [4.69, 9.17) is 0 Å². The molecular weight excluding hydrogens is 342 g/mol. The maximum atomic E-state index is 12.0. The van der Waals surface area contributed by atoms with Crippen LogP contribution in [-0.4, -0.2) is 62.4 Å². The summed E-state index contributed by atoms with van der Waals surface area (Å²) in [6.07, 6.45) is 4.48. The van der Waals surface area contributed by atoms with Crippen LogP contribution in [0.15, 0.2) is 24.5 Å². The average Bonchev–Trinajstić information content (AvgIpc) is 2.77. The second-order valence-electron chi connectivity index (χ2n) is 5.56. The number of nitrogens with one attached hydrogen (secondary N) is 1. The molecule has 1 atom stereocenters. The van der Waals surface area contributed by atoms with Crippen LogP contribution < -0.4 is 5.32 Å². The third kappa shape index (κ3) is 5.56. The van der Waals surface area contributed by atoms with Gasteiger partial charge in [0, 0.05) is 25.0 Å². The minimum atomic E-state index is -3.59. The zero-order chi connectivity index (χ0) is 17.1. The summed E-state index contributed by atoms with van der Waals surface area (Å²) in [4.78, 5) is 15.9. The van der Waals surface area contributed by atoms with E-state index in [2.05, 4.69) is 10.3 Å². The highest BCUT2D eigenvalue weighted by molar-refractivity contribution is 7.91. The second kappa shape index (κ2) is 6.93. The smallest absolute Gasteiger partial charge is 0.235 e. The minimum Gasteiger partial charge on any atom is -0.351 e. The molecule has 0 saturated carbocycles. The van der Waals surface area contributed by atoms with Gasteiger partial charge in [-0.2, -0.15) is 4.31 Å². The van der Waals surface area contributed by atoms with Crippen molar-refractivity contribution in [3.05, 3.63) is 30.1 Å². The van der Waals surface area contributed by atoms with Crippen LogP contribution in [0.3, 0.4) is 0 Å². The van der Waals surface area contributed by atoms with Crippen molar-refractivity contribution in [2.24, 2.45) is 0 Å². The van der Waals surface area contributed by atoms with Crippen LogP contribution in [0.25, 0.3) is 0 Å². The minimum absolute atomic E-state index is 0.0308. The lowest BCUT2D eigenvalue weighted by Gasteiger charge is -2.20. The van der Waals surface area contributed by atoms with E-state index in [0.717, 1.165) is 10.6 Å². The zero-order valence-corrected chi connectivity index (χ0v) is 14.3. The fourth-order valence-electron chi connectivity index (χ4n) is 2.33. The largest absolute Gasteiger partial charge is 0.351 e. The van der Waals surface area contributed by atoms with Gasteiger partial charge in [-0.1, -0.05) is 6.07 Å². The lowest BCUT2D eigenvalue weighted by molar-refractivity contribution is -0.121. The topological polar surface area (TPSA) is 114 Å². The molecule has 1 fully saturated rings. The Hall–Kier alpha value is -1.52. The van der Waals surface area contributed by atoms with Gasteiger partial charge in [0.15, 0.2) is 9.84 Å². The van der Waals surface area contributed by atoms with Crippen LogP contribution in [-0.2, 0) is 31.2 Å². The maximum absolute atomic E-state index is 12.0. The standard InChI is InChI=1S/C13H19N3O5S2/c1-22(18,19)16(8-11-3-2-5-14-7-11)9-13(17)15-12-4-6-23(20,21)10-12/h2-3,5,7,12H,4,6,8-10H2,1H3,(H,15,17). The Morgan fingerprint density at radius 2 is 2.22 bits per heavy atom. The quantitative estimate of drug-likeness (QED) is 0.706. The van der Waals surface area contributed by atoms with E-state index < -0.39 is 31.8 Å². The monoisotopic (exact) mass is 361 g/mol. The van der Waals surface area contributed by atoms with Gasteiger partial charge in [-0.15, -0.1) is 0 Å². The van der Waals surface area contributed by atoms with E-state index in [1.165, 1.54) is 6.20 Å². The molecule has 10 heteroatoms. The van der Waals surface area contributed by atoms with Crippen molar-refractivity contribution >= 4 is 25.8 Å². The van der Waals surface area contributed by atoms with Crippen molar-refractivity contribution in [3.63, 3.8) is 0 Å². The molecule has 0 spiro atoms.